The lowest BCUT2D eigenvalue weighted by atomic mass is 9.95. The Morgan fingerprint density at radius 3 is 2.24 bits per heavy atom. The second-order valence-electron chi connectivity index (χ2n) is 4.59. The smallest absolute Gasteiger partial charge is 0.368 e. The highest BCUT2D eigenvalue weighted by Crippen LogP contribution is 2.16. The van der Waals surface area contributed by atoms with Crippen molar-refractivity contribution < 1.29 is 18.0 Å². The maximum atomic E-state index is 12.0. The maximum Gasteiger partial charge on any atom is 0.401 e. The van der Waals surface area contributed by atoms with Gasteiger partial charge in [-0.25, -0.2) is 0 Å². The minimum absolute atomic E-state index is 0.314. The minimum atomic E-state index is -4.18. The second-order valence-corrected chi connectivity index (χ2v) is 4.59. The molecule has 0 saturated heterocycles. The third-order valence-corrected chi connectivity index (χ3v) is 2.50. The first-order valence-corrected chi connectivity index (χ1v) is 5.39. The van der Waals surface area contributed by atoms with Crippen molar-refractivity contribution in [3.8, 4) is 0 Å². The van der Waals surface area contributed by atoms with Crippen LogP contribution in [-0.4, -0.2) is 42.7 Å². The highest BCUT2D eigenvalue weighted by Gasteiger charge is 2.29. The summed E-state index contributed by atoms with van der Waals surface area (Å²) in [6, 6.07) is 0. The molecule has 17 heavy (non-hydrogen) atoms. The number of nitrogens with two attached hydrogens (primary N) is 2. The van der Waals surface area contributed by atoms with E-state index >= 15 is 0 Å². The summed E-state index contributed by atoms with van der Waals surface area (Å²) >= 11 is 0. The van der Waals surface area contributed by atoms with E-state index in [4.69, 9.17) is 11.5 Å². The zero-order valence-electron chi connectivity index (χ0n) is 10.2. The number of unbranched alkanes of at least 4 members (excludes halogenated alkanes) is 1. The van der Waals surface area contributed by atoms with E-state index in [1.54, 1.807) is 0 Å². The van der Waals surface area contributed by atoms with E-state index in [2.05, 4.69) is 0 Å². The number of carbonyl (C=O) groups is 1. The topological polar surface area (TPSA) is 72.3 Å². The Bertz CT molecular complexity index is 254. The van der Waals surface area contributed by atoms with Crippen molar-refractivity contribution in [2.45, 2.75) is 37.9 Å². The quantitative estimate of drug-likeness (QED) is 0.662. The number of alkyl halides is 3. The number of amides is 1. The average molecular weight is 255 g/mol. The van der Waals surface area contributed by atoms with Crippen molar-refractivity contribution in [3.63, 3.8) is 0 Å². The van der Waals surface area contributed by atoms with Crippen molar-refractivity contribution >= 4 is 5.91 Å². The van der Waals surface area contributed by atoms with Gasteiger partial charge in [0.2, 0.25) is 5.91 Å². The molecular formula is C10H20F3N3O. The summed E-state index contributed by atoms with van der Waals surface area (Å²) in [5, 5.41) is 0. The number of rotatable bonds is 7. The molecule has 0 aliphatic rings. The van der Waals surface area contributed by atoms with Crippen LogP contribution < -0.4 is 11.5 Å². The molecule has 0 aromatic heterocycles. The largest absolute Gasteiger partial charge is 0.401 e. The van der Waals surface area contributed by atoms with Crippen LogP contribution in [0.4, 0.5) is 13.2 Å². The Morgan fingerprint density at radius 2 is 1.82 bits per heavy atom. The molecule has 1 unspecified atom stereocenters. The van der Waals surface area contributed by atoms with Gasteiger partial charge >= 0.3 is 6.18 Å². The molecule has 7 heteroatoms. The molecule has 0 radical (unpaired) electrons. The van der Waals surface area contributed by atoms with Crippen LogP contribution in [0.15, 0.2) is 0 Å². The summed E-state index contributed by atoms with van der Waals surface area (Å²) in [5.74, 6) is -0.596. The van der Waals surface area contributed by atoms with Crippen LogP contribution in [0.2, 0.25) is 0 Å². The van der Waals surface area contributed by atoms with Crippen LogP contribution in [0.3, 0.4) is 0 Å². The van der Waals surface area contributed by atoms with Crippen molar-refractivity contribution in [3.05, 3.63) is 0 Å². The zero-order chi connectivity index (χ0) is 13.7. The summed E-state index contributed by atoms with van der Waals surface area (Å²) < 4.78 is 36.0. The fourth-order valence-electron chi connectivity index (χ4n) is 1.38. The Hall–Kier alpha value is -0.820. The van der Waals surface area contributed by atoms with E-state index in [1.165, 1.54) is 18.9 Å². The molecule has 4 nitrogen and oxygen atoms in total. The molecule has 102 valence electrons. The van der Waals surface area contributed by atoms with Crippen molar-refractivity contribution in [2.24, 2.45) is 11.5 Å². The summed E-state index contributed by atoms with van der Waals surface area (Å²) in [6.07, 6.45) is -2.68. The summed E-state index contributed by atoms with van der Waals surface area (Å²) in [4.78, 5) is 12.1. The van der Waals surface area contributed by atoms with E-state index in [0.29, 0.717) is 25.8 Å². The summed E-state index contributed by atoms with van der Waals surface area (Å²) in [5.41, 5.74) is 9.60. The molecule has 0 fully saturated rings. The van der Waals surface area contributed by atoms with Gasteiger partial charge in [-0.15, -0.1) is 0 Å². The van der Waals surface area contributed by atoms with Gasteiger partial charge in [0.1, 0.15) is 0 Å². The lowest BCUT2D eigenvalue weighted by Gasteiger charge is -2.22. The monoisotopic (exact) mass is 255 g/mol. The van der Waals surface area contributed by atoms with Crippen LogP contribution in [0.25, 0.3) is 0 Å². The number of hydrogen-bond donors (Lipinski definition) is 2. The van der Waals surface area contributed by atoms with E-state index in [-0.39, 0.29) is 0 Å². The van der Waals surface area contributed by atoms with E-state index in [9.17, 15) is 18.0 Å². The second kappa shape index (κ2) is 6.20. The molecule has 0 saturated carbocycles. The molecule has 0 aliphatic heterocycles. The molecule has 1 atom stereocenters. The Kier molecular flexibility index (Phi) is 5.91. The minimum Gasteiger partial charge on any atom is -0.368 e. The molecule has 0 heterocycles. The van der Waals surface area contributed by atoms with E-state index in [1.807, 2.05) is 0 Å². The Balaban J connectivity index is 3.75. The molecule has 0 rings (SSSR count). The number of hydrogen-bond acceptors (Lipinski definition) is 3. The number of halogens is 3. The Morgan fingerprint density at radius 1 is 1.29 bits per heavy atom. The van der Waals surface area contributed by atoms with Gasteiger partial charge in [0.15, 0.2) is 0 Å². The molecule has 0 aromatic rings. The predicted octanol–water partition coefficient (Wildman–Crippen LogP) is 0.853. The molecule has 0 aromatic carbocycles. The highest BCUT2D eigenvalue weighted by molar-refractivity contribution is 5.83. The molecule has 0 bridgehead atoms. The van der Waals surface area contributed by atoms with Crippen LogP contribution in [0.5, 0.6) is 0 Å². The van der Waals surface area contributed by atoms with Gasteiger partial charge in [-0.05, 0) is 39.8 Å². The van der Waals surface area contributed by atoms with Gasteiger partial charge in [-0.2, -0.15) is 13.2 Å². The van der Waals surface area contributed by atoms with Crippen molar-refractivity contribution in [2.75, 3.05) is 20.1 Å². The normalized spacial score (nSPS) is 15.9. The lowest BCUT2D eigenvalue weighted by Crippen LogP contribution is -2.49. The van der Waals surface area contributed by atoms with Gasteiger partial charge in [0.25, 0.3) is 0 Å². The van der Waals surface area contributed by atoms with E-state index < -0.39 is 24.2 Å². The summed E-state index contributed by atoms with van der Waals surface area (Å²) in [6.45, 7) is 0.909. The standard InChI is InChI=1S/C10H20F3N3O/c1-9(15,8(14)17)5-3-4-6-16(2)7-10(11,12)13/h3-7,15H2,1-2H3,(H2,14,17). The number of primary amides is 1. The highest BCUT2D eigenvalue weighted by atomic mass is 19.4. The average Bonchev–Trinajstić information content (AvgIpc) is 2.09. The molecule has 0 spiro atoms. The first kappa shape index (κ1) is 16.2. The summed E-state index contributed by atoms with van der Waals surface area (Å²) in [7, 11) is 1.41. The van der Waals surface area contributed by atoms with Gasteiger partial charge in [-0.1, -0.05) is 0 Å². The van der Waals surface area contributed by atoms with Crippen LogP contribution in [0, 0.1) is 0 Å². The first-order valence-electron chi connectivity index (χ1n) is 5.39. The van der Waals surface area contributed by atoms with Crippen LogP contribution in [0.1, 0.15) is 26.2 Å². The molecular weight excluding hydrogens is 235 g/mol. The van der Waals surface area contributed by atoms with Crippen LogP contribution >= 0.6 is 0 Å². The predicted molar refractivity (Wildman–Crippen MR) is 59.2 cm³/mol. The molecule has 1 amide bonds. The number of carbonyl (C=O) groups excluding carboxylic acids is 1. The van der Waals surface area contributed by atoms with Crippen LogP contribution in [-0.2, 0) is 4.79 Å². The van der Waals surface area contributed by atoms with Gasteiger partial charge in [0, 0.05) is 0 Å². The first-order chi connectivity index (χ1) is 7.54. The van der Waals surface area contributed by atoms with Crippen molar-refractivity contribution in [1.29, 1.82) is 0 Å². The fourth-order valence-corrected chi connectivity index (χ4v) is 1.38. The van der Waals surface area contributed by atoms with E-state index in [0.717, 1.165) is 0 Å². The maximum absolute atomic E-state index is 12.0. The van der Waals surface area contributed by atoms with Gasteiger partial charge in [0.05, 0.1) is 12.1 Å². The fraction of sp³-hybridized carbons (Fsp3) is 0.900. The van der Waals surface area contributed by atoms with Gasteiger partial charge in [-0.3, -0.25) is 9.69 Å². The third-order valence-electron chi connectivity index (χ3n) is 2.50. The van der Waals surface area contributed by atoms with Gasteiger partial charge < -0.3 is 11.5 Å². The number of nitrogens with zero attached hydrogens (tertiary/aromatic N) is 1. The van der Waals surface area contributed by atoms with Crippen molar-refractivity contribution in [1.82, 2.24) is 4.90 Å². The zero-order valence-corrected chi connectivity index (χ0v) is 10.2. The Labute approximate surface area is 99.1 Å². The third kappa shape index (κ3) is 7.98. The molecule has 4 N–H and O–H groups in total. The SMILES string of the molecule is CN(CCCCC(C)(N)C(N)=O)CC(F)(F)F. The lowest BCUT2D eigenvalue weighted by molar-refractivity contribution is -0.143. The molecule has 0 aliphatic carbocycles.